The summed E-state index contributed by atoms with van der Waals surface area (Å²) in [7, 11) is 0. The molecule has 1 aromatic carbocycles. The van der Waals surface area contributed by atoms with E-state index in [1.807, 2.05) is 30.3 Å². The standard InChI is InChI=1S/C14H11NO2/c1-9-10(2)14(16)17-13(12(9)8-15)11-6-4-3-5-7-11/h3-7H,1-2H3. The second-order valence-electron chi connectivity index (χ2n) is 3.82. The van der Waals surface area contributed by atoms with Crippen LogP contribution in [0, 0.1) is 25.2 Å². The van der Waals surface area contributed by atoms with Gasteiger partial charge in [0.05, 0.1) is 5.56 Å². The minimum absolute atomic E-state index is 0.348. The highest BCUT2D eigenvalue weighted by Gasteiger charge is 2.14. The minimum atomic E-state index is -0.389. The van der Waals surface area contributed by atoms with Crippen molar-refractivity contribution in [3.05, 3.63) is 57.4 Å². The molecule has 3 nitrogen and oxygen atoms in total. The van der Waals surface area contributed by atoms with Gasteiger partial charge in [-0.15, -0.1) is 0 Å². The first kappa shape index (κ1) is 11.2. The molecule has 0 saturated carbocycles. The van der Waals surface area contributed by atoms with Crippen LogP contribution in [0.4, 0.5) is 0 Å². The summed E-state index contributed by atoms with van der Waals surface area (Å²) >= 11 is 0. The molecule has 0 aliphatic carbocycles. The lowest BCUT2D eigenvalue weighted by molar-refractivity contribution is 0.517. The van der Waals surface area contributed by atoms with Crippen molar-refractivity contribution in [1.82, 2.24) is 0 Å². The first-order valence-corrected chi connectivity index (χ1v) is 5.25. The molecule has 2 aromatic rings. The average Bonchev–Trinajstić information content (AvgIpc) is 2.36. The predicted molar refractivity (Wildman–Crippen MR) is 64.6 cm³/mol. The van der Waals surface area contributed by atoms with Crippen molar-refractivity contribution >= 4 is 0 Å². The Morgan fingerprint density at radius 3 is 2.35 bits per heavy atom. The molecule has 0 amide bonds. The van der Waals surface area contributed by atoms with E-state index in [4.69, 9.17) is 9.68 Å². The van der Waals surface area contributed by atoms with Crippen LogP contribution in [0.1, 0.15) is 16.7 Å². The van der Waals surface area contributed by atoms with Crippen molar-refractivity contribution in [3.8, 4) is 17.4 Å². The molecule has 17 heavy (non-hydrogen) atoms. The van der Waals surface area contributed by atoms with E-state index in [0.29, 0.717) is 22.5 Å². The lowest BCUT2D eigenvalue weighted by atomic mass is 10.0. The largest absolute Gasteiger partial charge is 0.421 e. The molecule has 0 fully saturated rings. The minimum Gasteiger partial charge on any atom is -0.421 e. The summed E-state index contributed by atoms with van der Waals surface area (Å²) in [6, 6.07) is 11.3. The number of hydrogen-bond donors (Lipinski definition) is 0. The van der Waals surface area contributed by atoms with Crippen LogP contribution >= 0.6 is 0 Å². The normalized spacial score (nSPS) is 9.94. The Labute approximate surface area is 98.9 Å². The molecule has 0 unspecified atom stereocenters. The second-order valence-corrected chi connectivity index (χ2v) is 3.82. The third-order valence-electron chi connectivity index (χ3n) is 2.81. The SMILES string of the molecule is Cc1c(C#N)c(-c2ccccc2)oc(=O)c1C. The highest BCUT2D eigenvalue weighted by Crippen LogP contribution is 2.25. The molecule has 2 rings (SSSR count). The smallest absolute Gasteiger partial charge is 0.339 e. The van der Waals surface area contributed by atoms with Gasteiger partial charge in [-0.2, -0.15) is 5.26 Å². The van der Waals surface area contributed by atoms with Crippen LogP contribution in [0.2, 0.25) is 0 Å². The molecule has 0 aliphatic heterocycles. The Balaban J connectivity index is 2.81. The van der Waals surface area contributed by atoms with Crippen molar-refractivity contribution in [2.45, 2.75) is 13.8 Å². The van der Waals surface area contributed by atoms with Gasteiger partial charge in [-0.25, -0.2) is 4.79 Å². The molecule has 0 saturated heterocycles. The maximum absolute atomic E-state index is 11.6. The van der Waals surface area contributed by atoms with Crippen molar-refractivity contribution in [1.29, 1.82) is 5.26 Å². The second kappa shape index (κ2) is 4.26. The van der Waals surface area contributed by atoms with Gasteiger partial charge in [0.25, 0.3) is 0 Å². The lowest BCUT2D eigenvalue weighted by Gasteiger charge is -2.06. The summed E-state index contributed by atoms with van der Waals surface area (Å²) in [6.45, 7) is 3.42. The van der Waals surface area contributed by atoms with Gasteiger partial charge < -0.3 is 4.42 Å². The van der Waals surface area contributed by atoms with Gasteiger partial charge in [0, 0.05) is 11.1 Å². The molecular formula is C14H11NO2. The fourth-order valence-corrected chi connectivity index (χ4v) is 1.66. The summed E-state index contributed by atoms with van der Waals surface area (Å²) in [6.07, 6.45) is 0. The van der Waals surface area contributed by atoms with Gasteiger partial charge in [0.1, 0.15) is 6.07 Å². The maximum atomic E-state index is 11.6. The summed E-state index contributed by atoms with van der Waals surface area (Å²) in [4.78, 5) is 11.6. The van der Waals surface area contributed by atoms with E-state index in [9.17, 15) is 4.79 Å². The van der Waals surface area contributed by atoms with Gasteiger partial charge in [-0.3, -0.25) is 0 Å². The van der Waals surface area contributed by atoms with Gasteiger partial charge in [0.15, 0.2) is 5.76 Å². The van der Waals surface area contributed by atoms with Crippen molar-refractivity contribution in [2.75, 3.05) is 0 Å². The lowest BCUT2D eigenvalue weighted by Crippen LogP contribution is -2.08. The van der Waals surface area contributed by atoms with Crippen LogP contribution in [-0.4, -0.2) is 0 Å². The molecule has 0 N–H and O–H groups in total. The van der Waals surface area contributed by atoms with Crippen LogP contribution in [0.15, 0.2) is 39.5 Å². The monoisotopic (exact) mass is 225 g/mol. The van der Waals surface area contributed by atoms with Gasteiger partial charge in [-0.1, -0.05) is 30.3 Å². The Bertz CT molecular complexity index is 648. The van der Waals surface area contributed by atoms with Crippen LogP contribution in [0.25, 0.3) is 11.3 Å². The summed E-state index contributed by atoms with van der Waals surface area (Å²) in [5.41, 5.74) is 1.95. The molecule has 3 heteroatoms. The highest BCUT2D eigenvalue weighted by atomic mass is 16.4. The predicted octanol–water partition coefficient (Wildman–Crippen LogP) is 2.80. The molecule has 0 aliphatic rings. The van der Waals surface area contributed by atoms with E-state index in [1.165, 1.54) is 0 Å². The number of benzene rings is 1. The van der Waals surface area contributed by atoms with Gasteiger partial charge >= 0.3 is 5.63 Å². The fraction of sp³-hybridized carbons (Fsp3) is 0.143. The topological polar surface area (TPSA) is 54.0 Å². The number of nitrogens with zero attached hydrogens (tertiary/aromatic N) is 1. The average molecular weight is 225 g/mol. The van der Waals surface area contributed by atoms with E-state index < -0.39 is 0 Å². The van der Waals surface area contributed by atoms with Gasteiger partial charge in [-0.05, 0) is 19.4 Å². The zero-order valence-corrected chi connectivity index (χ0v) is 9.65. The highest BCUT2D eigenvalue weighted by molar-refractivity contribution is 5.66. The first-order valence-electron chi connectivity index (χ1n) is 5.25. The molecule has 0 atom stereocenters. The van der Waals surface area contributed by atoms with E-state index in [-0.39, 0.29) is 5.63 Å². The third kappa shape index (κ3) is 1.85. The number of rotatable bonds is 1. The molecule has 0 spiro atoms. The fourth-order valence-electron chi connectivity index (χ4n) is 1.66. The van der Waals surface area contributed by atoms with Crippen LogP contribution in [0.5, 0.6) is 0 Å². The molecule has 0 bridgehead atoms. The van der Waals surface area contributed by atoms with Crippen molar-refractivity contribution in [2.24, 2.45) is 0 Å². The van der Waals surface area contributed by atoms with E-state index in [0.717, 1.165) is 5.56 Å². The van der Waals surface area contributed by atoms with Crippen LogP contribution < -0.4 is 5.63 Å². The molecule has 1 heterocycles. The zero-order chi connectivity index (χ0) is 12.4. The van der Waals surface area contributed by atoms with Crippen LogP contribution in [-0.2, 0) is 0 Å². The summed E-state index contributed by atoms with van der Waals surface area (Å²) in [5, 5.41) is 9.16. The maximum Gasteiger partial charge on any atom is 0.339 e. The van der Waals surface area contributed by atoms with Gasteiger partial charge in [0.2, 0.25) is 0 Å². The summed E-state index contributed by atoms with van der Waals surface area (Å²) < 4.78 is 5.22. The zero-order valence-electron chi connectivity index (χ0n) is 9.65. The molecular weight excluding hydrogens is 214 g/mol. The van der Waals surface area contributed by atoms with Crippen molar-refractivity contribution in [3.63, 3.8) is 0 Å². The van der Waals surface area contributed by atoms with Crippen LogP contribution in [0.3, 0.4) is 0 Å². The van der Waals surface area contributed by atoms with Crippen molar-refractivity contribution < 1.29 is 4.42 Å². The van der Waals surface area contributed by atoms with E-state index in [1.54, 1.807) is 13.8 Å². The third-order valence-corrected chi connectivity index (χ3v) is 2.81. The Kier molecular flexibility index (Phi) is 2.80. The number of hydrogen-bond acceptors (Lipinski definition) is 3. The molecule has 0 radical (unpaired) electrons. The Hall–Kier alpha value is -2.34. The quantitative estimate of drug-likeness (QED) is 0.749. The molecule has 84 valence electrons. The molecule has 1 aromatic heterocycles. The summed E-state index contributed by atoms with van der Waals surface area (Å²) in [5.74, 6) is 0.348. The van der Waals surface area contributed by atoms with E-state index in [2.05, 4.69) is 6.07 Å². The Morgan fingerprint density at radius 1 is 1.12 bits per heavy atom. The van der Waals surface area contributed by atoms with E-state index >= 15 is 0 Å². The first-order chi connectivity index (χ1) is 8.15. The number of nitriles is 1. The Morgan fingerprint density at radius 2 is 1.76 bits per heavy atom.